The van der Waals surface area contributed by atoms with Crippen LogP contribution in [0.5, 0.6) is 0 Å². The van der Waals surface area contributed by atoms with Crippen LogP contribution < -0.4 is 0 Å². The molecule has 0 N–H and O–H groups in total. The number of nitrogens with zero attached hydrogens (tertiary/aromatic N) is 3. The highest BCUT2D eigenvalue weighted by Crippen LogP contribution is 2.28. The summed E-state index contributed by atoms with van der Waals surface area (Å²) in [5.41, 5.74) is 0.398. The summed E-state index contributed by atoms with van der Waals surface area (Å²) in [5.74, 6) is 1.08. The number of allylic oxidation sites excluding steroid dienone is 3. The lowest BCUT2D eigenvalue weighted by atomic mass is 10.00. The molecule has 0 aliphatic heterocycles. The van der Waals surface area contributed by atoms with Crippen LogP contribution in [0, 0.1) is 12.8 Å². The maximum absolute atomic E-state index is 13.6. The van der Waals surface area contributed by atoms with Crippen LogP contribution in [0.15, 0.2) is 46.0 Å². The van der Waals surface area contributed by atoms with Gasteiger partial charge in [-0.05, 0) is 44.7 Å². The van der Waals surface area contributed by atoms with Gasteiger partial charge in [0, 0.05) is 11.8 Å². The van der Waals surface area contributed by atoms with Crippen LogP contribution in [-0.4, -0.2) is 22.6 Å². The van der Waals surface area contributed by atoms with Gasteiger partial charge in [0.05, 0.1) is 17.1 Å². The van der Waals surface area contributed by atoms with Crippen LogP contribution in [0.4, 0.5) is 18.9 Å². The minimum absolute atomic E-state index is 0.0190. The van der Waals surface area contributed by atoms with Crippen molar-refractivity contribution in [1.82, 2.24) is 4.98 Å². The summed E-state index contributed by atoms with van der Waals surface area (Å²) in [7, 11) is 0. The van der Waals surface area contributed by atoms with E-state index in [4.69, 9.17) is 11.6 Å². The Kier molecular flexibility index (Phi) is 11.0. The zero-order valence-corrected chi connectivity index (χ0v) is 19.1. The first kappa shape index (κ1) is 26.1. The van der Waals surface area contributed by atoms with E-state index in [0.29, 0.717) is 41.5 Å². The Hall–Kier alpha value is -1.95. The lowest BCUT2D eigenvalue weighted by molar-refractivity contribution is -0.0579. The first-order chi connectivity index (χ1) is 14.1. The Bertz CT molecular complexity index is 804. The zero-order chi connectivity index (χ0) is 22.7. The summed E-state index contributed by atoms with van der Waals surface area (Å²) >= 11 is 5.84. The van der Waals surface area contributed by atoms with Crippen LogP contribution in [0.25, 0.3) is 0 Å². The zero-order valence-electron chi connectivity index (χ0n) is 18.4. The van der Waals surface area contributed by atoms with E-state index >= 15 is 0 Å². The van der Waals surface area contributed by atoms with Gasteiger partial charge in [0.15, 0.2) is 5.71 Å². The molecule has 3 nitrogen and oxygen atoms in total. The third kappa shape index (κ3) is 9.24. The Labute approximate surface area is 182 Å². The third-order valence-electron chi connectivity index (χ3n) is 4.30. The van der Waals surface area contributed by atoms with Crippen LogP contribution in [-0.2, 0) is 0 Å². The lowest BCUT2D eigenvalue weighted by Crippen LogP contribution is -2.28. The average molecular weight is 442 g/mol. The van der Waals surface area contributed by atoms with Crippen LogP contribution in [0.3, 0.4) is 0 Å². The molecule has 0 aromatic carbocycles. The molecule has 2 rings (SSSR count). The predicted molar refractivity (Wildman–Crippen MR) is 121 cm³/mol. The van der Waals surface area contributed by atoms with Crippen molar-refractivity contribution in [2.45, 2.75) is 72.9 Å². The molecule has 0 bridgehead atoms. The fraction of sp³-hybridized carbons (Fsp3) is 0.522. The molecule has 0 amide bonds. The molecule has 1 aliphatic carbocycles. The second-order valence-corrected chi connectivity index (χ2v) is 7.59. The SMILES string of the molecule is CC1CC1.C\C=C(C(CCC)=Nc1ccc(Cl)nc1C)/C(=N/C=C\CC)C(F)(F)F. The minimum Gasteiger partial charge on any atom is -0.251 e. The Morgan fingerprint density at radius 2 is 1.90 bits per heavy atom. The smallest absolute Gasteiger partial charge is 0.251 e. The van der Waals surface area contributed by atoms with Gasteiger partial charge in [0.1, 0.15) is 5.15 Å². The van der Waals surface area contributed by atoms with Crippen molar-refractivity contribution in [3.63, 3.8) is 0 Å². The van der Waals surface area contributed by atoms with E-state index < -0.39 is 11.9 Å². The number of rotatable bonds is 7. The number of aryl methyl sites for hydroxylation is 1. The topological polar surface area (TPSA) is 37.6 Å². The summed E-state index contributed by atoms with van der Waals surface area (Å²) in [6.07, 6.45) is 4.18. The summed E-state index contributed by atoms with van der Waals surface area (Å²) in [6.45, 7) is 9.26. The summed E-state index contributed by atoms with van der Waals surface area (Å²) in [6, 6.07) is 3.21. The van der Waals surface area contributed by atoms with E-state index in [9.17, 15) is 13.2 Å². The fourth-order valence-electron chi connectivity index (χ4n) is 2.41. The monoisotopic (exact) mass is 441 g/mol. The molecule has 7 heteroatoms. The van der Waals surface area contributed by atoms with E-state index in [1.807, 2.05) is 13.8 Å². The van der Waals surface area contributed by atoms with Crippen molar-refractivity contribution in [3.8, 4) is 0 Å². The molecule has 1 heterocycles. The van der Waals surface area contributed by atoms with Crippen LogP contribution in [0.1, 0.15) is 65.5 Å². The molecule has 0 spiro atoms. The molecular weight excluding hydrogens is 411 g/mol. The molecule has 30 heavy (non-hydrogen) atoms. The van der Waals surface area contributed by atoms with Crippen LogP contribution in [0.2, 0.25) is 5.15 Å². The van der Waals surface area contributed by atoms with E-state index in [-0.39, 0.29) is 5.57 Å². The second-order valence-electron chi connectivity index (χ2n) is 7.20. The Balaban J connectivity index is 0.000000998. The van der Waals surface area contributed by atoms with E-state index in [0.717, 1.165) is 5.92 Å². The minimum atomic E-state index is -4.58. The van der Waals surface area contributed by atoms with Gasteiger partial charge in [-0.1, -0.05) is 63.8 Å². The quantitative estimate of drug-likeness (QED) is 0.310. The highest BCUT2D eigenvalue weighted by atomic mass is 35.5. The normalized spacial score (nSPS) is 16.0. The van der Waals surface area contributed by atoms with Gasteiger partial charge < -0.3 is 0 Å². The van der Waals surface area contributed by atoms with Gasteiger partial charge in [-0.2, -0.15) is 13.2 Å². The van der Waals surface area contributed by atoms with Crippen molar-refractivity contribution in [1.29, 1.82) is 0 Å². The summed E-state index contributed by atoms with van der Waals surface area (Å²) in [5, 5.41) is 0.312. The van der Waals surface area contributed by atoms with E-state index in [1.165, 1.54) is 25.1 Å². The van der Waals surface area contributed by atoms with Gasteiger partial charge in [-0.15, -0.1) is 0 Å². The maximum Gasteiger partial charge on any atom is 0.433 e. The molecular formula is C23H31ClF3N3. The number of aliphatic imine (C=N–C) groups is 2. The molecule has 0 unspecified atom stereocenters. The molecule has 1 aromatic rings. The molecule has 1 aromatic heterocycles. The first-order valence-corrected chi connectivity index (χ1v) is 10.7. The number of hydrogen-bond acceptors (Lipinski definition) is 3. The van der Waals surface area contributed by atoms with Crippen LogP contribution >= 0.6 is 11.6 Å². The third-order valence-corrected chi connectivity index (χ3v) is 4.51. The number of pyridine rings is 1. The molecule has 166 valence electrons. The van der Waals surface area contributed by atoms with Gasteiger partial charge >= 0.3 is 6.18 Å². The van der Waals surface area contributed by atoms with Gasteiger partial charge in [-0.3, -0.25) is 9.98 Å². The molecule has 1 fully saturated rings. The molecule has 1 aliphatic rings. The average Bonchev–Trinajstić information content (AvgIpc) is 3.45. The van der Waals surface area contributed by atoms with Gasteiger partial charge in [-0.25, -0.2) is 4.98 Å². The molecule has 0 radical (unpaired) electrons. The van der Waals surface area contributed by atoms with Gasteiger partial charge in [0.25, 0.3) is 0 Å². The largest absolute Gasteiger partial charge is 0.433 e. The van der Waals surface area contributed by atoms with Gasteiger partial charge in [0.2, 0.25) is 0 Å². The maximum atomic E-state index is 13.6. The van der Waals surface area contributed by atoms with Crippen molar-refractivity contribution < 1.29 is 13.2 Å². The fourth-order valence-corrected chi connectivity index (χ4v) is 2.60. The predicted octanol–water partition coefficient (Wildman–Crippen LogP) is 8.21. The van der Waals surface area contributed by atoms with E-state index in [2.05, 4.69) is 21.9 Å². The molecule has 0 atom stereocenters. The second kappa shape index (κ2) is 12.7. The van der Waals surface area contributed by atoms with Crippen molar-refractivity contribution >= 4 is 28.7 Å². The Morgan fingerprint density at radius 1 is 1.27 bits per heavy atom. The highest BCUT2D eigenvalue weighted by Gasteiger charge is 2.38. The standard InChI is InChI=1S/C19H23ClF3N3.C4H8/c1-5-8-12-24-18(19(21,22)23)14(7-3)16(9-6-2)26-15-10-11-17(20)25-13(15)4;1-4-2-3-4/h7-8,10-12H,5-6,9H2,1-4H3;4H,2-3H2,1H3/b12-8-,14-7-,24-18-,26-16?;. The van der Waals surface area contributed by atoms with Crippen molar-refractivity contribution in [2.24, 2.45) is 15.9 Å². The number of aromatic nitrogens is 1. The molecule has 0 saturated heterocycles. The number of alkyl halides is 3. The lowest BCUT2D eigenvalue weighted by Gasteiger charge is -2.16. The molecule has 1 saturated carbocycles. The van der Waals surface area contributed by atoms with Crippen molar-refractivity contribution in [3.05, 3.63) is 46.9 Å². The van der Waals surface area contributed by atoms with E-state index in [1.54, 1.807) is 32.1 Å². The number of halogens is 4. The summed E-state index contributed by atoms with van der Waals surface area (Å²) in [4.78, 5) is 12.2. The first-order valence-electron chi connectivity index (χ1n) is 10.3. The van der Waals surface area contributed by atoms with Crippen molar-refractivity contribution in [2.75, 3.05) is 0 Å². The Morgan fingerprint density at radius 3 is 2.33 bits per heavy atom. The number of hydrogen-bond donors (Lipinski definition) is 0. The highest BCUT2D eigenvalue weighted by molar-refractivity contribution is 6.29. The summed E-state index contributed by atoms with van der Waals surface area (Å²) < 4.78 is 40.7.